The Morgan fingerprint density at radius 1 is 0.600 bits per heavy atom. The molecule has 0 saturated heterocycles. The molecule has 2 saturated carbocycles. The van der Waals surface area contributed by atoms with Crippen molar-refractivity contribution >= 4 is 11.6 Å². The van der Waals surface area contributed by atoms with Crippen LogP contribution in [0, 0.1) is 41.0 Å². The maximum Gasteiger partial charge on any atom is 0.145 e. The largest absolute Gasteiger partial charge is 0.207 e. The monoisotopic (exact) mass is 578 g/mol. The summed E-state index contributed by atoms with van der Waals surface area (Å²) in [6, 6.07) is 5.20. The minimum atomic E-state index is -0.862. The Morgan fingerprint density at radius 2 is 1.10 bits per heavy atom. The molecule has 2 fully saturated rings. The van der Waals surface area contributed by atoms with Gasteiger partial charge in [0.25, 0.3) is 0 Å². The van der Waals surface area contributed by atoms with Gasteiger partial charge in [0.2, 0.25) is 0 Å². The van der Waals surface area contributed by atoms with Gasteiger partial charge in [-0.15, -0.1) is 0 Å². The van der Waals surface area contributed by atoms with Gasteiger partial charge in [-0.2, -0.15) is 0 Å². The molecule has 0 aromatic heterocycles. The molecule has 222 valence electrons. The molecule has 0 nitrogen and oxygen atoms in total. The second-order valence-electron chi connectivity index (χ2n) is 12.7. The second-order valence-corrected chi connectivity index (χ2v) is 13.1. The number of benzene rings is 2. The molecule has 40 heavy (non-hydrogen) atoms. The Morgan fingerprint density at radius 3 is 1.65 bits per heavy atom. The first-order chi connectivity index (χ1) is 19.3. The molecule has 0 unspecified atom stereocenters. The Balaban J connectivity index is 1.18. The van der Waals surface area contributed by atoms with Crippen LogP contribution >= 0.6 is 11.6 Å². The predicted octanol–water partition coefficient (Wildman–Crippen LogP) is 11.9. The number of rotatable bonds is 13. The fourth-order valence-electron chi connectivity index (χ4n) is 7.22. The topological polar surface area (TPSA) is 0 Å². The van der Waals surface area contributed by atoms with Crippen molar-refractivity contribution < 1.29 is 17.6 Å². The zero-order valence-corrected chi connectivity index (χ0v) is 25.0. The van der Waals surface area contributed by atoms with Crippen molar-refractivity contribution in [1.82, 2.24) is 0 Å². The number of hydrogen-bond donors (Lipinski definition) is 0. The van der Waals surface area contributed by atoms with Crippen LogP contribution in [0.4, 0.5) is 17.6 Å². The molecule has 0 spiro atoms. The maximum atomic E-state index is 14.9. The van der Waals surface area contributed by atoms with Crippen LogP contribution in [-0.2, 0) is 12.8 Å². The fraction of sp³-hybridized carbons (Fsp3) is 0.657. The van der Waals surface area contributed by atoms with E-state index < -0.39 is 28.3 Å². The molecule has 0 radical (unpaired) electrons. The van der Waals surface area contributed by atoms with Crippen LogP contribution in [0.25, 0.3) is 0 Å². The first-order valence-corrected chi connectivity index (χ1v) is 16.3. The summed E-state index contributed by atoms with van der Waals surface area (Å²) >= 11 is 5.53. The van der Waals surface area contributed by atoms with E-state index in [9.17, 15) is 17.6 Å². The quantitative estimate of drug-likeness (QED) is 0.126. The van der Waals surface area contributed by atoms with Crippen LogP contribution < -0.4 is 0 Å². The zero-order valence-electron chi connectivity index (χ0n) is 24.2. The predicted molar refractivity (Wildman–Crippen MR) is 158 cm³/mol. The average Bonchev–Trinajstić information content (AvgIpc) is 2.95. The first-order valence-electron chi connectivity index (χ1n) is 15.9. The Hall–Kier alpha value is -1.55. The standard InChI is InChI=1S/C35H47ClF4/c1-2-3-4-5-6-7-24-8-10-25(11-9-24)12-13-26-14-17-28(18-15-26)29-22-31(37)30(32(38)23-29)19-16-27-20-33(39)35(36)34(40)21-27/h20-26,28H,2-19H2,1H3/t24-,25-,26?,28?. The molecule has 2 aliphatic carbocycles. The van der Waals surface area contributed by atoms with Crippen LogP contribution in [0.1, 0.15) is 132 Å². The maximum absolute atomic E-state index is 14.9. The number of unbranched alkanes of at least 4 members (excludes halogenated alkanes) is 4. The molecular formula is C35H47ClF4. The molecule has 2 aromatic rings. The molecule has 0 N–H and O–H groups in total. The molecule has 0 bridgehead atoms. The highest BCUT2D eigenvalue weighted by atomic mass is 35.5. The molecule has 0 heterocycles. The summed E-state index contributed by atoms with van der Waals surface area (Å²) in [5, 5.41) is -0.564. The van der Waals surface area contributed by atoms with Crippen molar-refractivity contribution in [2.24, 2.45) is 17.8 Å². The smallest absolute Gasteiger partial charge is 0.145 e. The van der Waals surface area contributed by atoms with Gasteiger partial charge in [0.15, 0.2) is 0 Å². The normalized spacial score (nSPS) is 23.4. The summed E-state index contributed by atoms with van der Waals surface area (Å²) in [4.78, 5) is 0. The third-order valence-corrected chi connectivity index (χ3v) is 10.2. The third-order valence-electron chi connectivity index (χ3n) is 9.85. The number of hydrogen-bond acceptors (Lipinski definition) is 0. The highest BCUT2D eigenvalue weighted by Gasteiger charge is 2.26. The summed E-state index contributed by atoms with van der Waals surface area (Å²) in [6.07, 6.45) is 21.1. The molecule has 4 rings (SSSR count). The van der Waals surface area contributed by atoms with E-state index in [1.165, 1.54) is 89.2 Å². The van der Waals surface area contributed by atoms with Crippen LogP contribution in [0.5, 0.6) is 0 Å². The van der Waals surface area contributed by atoms with E-state index in [0.717, 1.165) is 61.1 Å². The highest BCUT2D eigenvalue weighted by molar-refractivity contribution is 6.30. The minimum absolute atomic E-state index is 0.0283. The summed E-state index contributed by atoms with van der Waals surface area (Å²) < 4.78 is 57.3. The van der Waals surface area contributed by atoms with Gasteiger partial charge in [-0.25, -0.2) is 17.6 Å². The van der Waals surface area contributed by atoms with Gasteiger partial charge >= 0.3 is 0 Å². The van der Waals surface area contributed by atoms with Crippen LogP contribution in [-0.4, -0.2) is 0 Å². The molecule has 5 heteroatoms. The SMILES string of the molecule is CCCCCCC[C@H]1CC[C@H](CCC2CCC(c3cc(F)c(CCc4cc(F)c(Cl)c(F)c4)c(F)c3)CC2)CC1. The molecule has 2 aliphatic rings. The van der Waals surface area contributed by atoms with E-state index in [2.05, 4.69) is 6.92 Å². The summed E-state index contributed by atoms with van der Waals surface area (Å²) in [6.45, 7) is 2.28. The molecule has 0 amide bonds. The van der Waals surface area contributed by atoms with Gasteiger partial charge in [-0.3, -0.25) is 0 Å². The third kappa shape index (κ3) is 8.97. The lowest BCUT2D eigenvalue weighted by Gasteiger charge is -2.32. The lowest BCUT2D eigenvalue weighted by Crippen LogP contribution is -2.18. The molecule has 0 atom stereocenters. The van der Waals surface area contributed by atoms with Crippen molar-refractivity contribution in [3.8, 4) is 0 Å². The average molecular weight is 579 g/mol. The lowest BCUT2D eigenvalue weighted by atomic mass is 9.74. The summed E-state index contributed by atoms with van der Waals surface area (Å²) in [5.74, 6) is -0.0659. The summed E-state index contributed by atoms with van der Waals surface area (Å²) in [7, 11) is 0. The summed E-state index contributed by atoms with van der Waals surface area (Å²) in [5.41, 5.74) is 1.04. The first kappa shape index (κ1) is 31.4. The van der Waals surface area contributed by atoms with Crippen LogP contribution in [0.3, 0.4) is 0 Å². The van der Waals surface area contributed by atoms with E-state index in [0.29, 0.717) is 5.56 Å². The van der Waals surface area contributed by atoms with Crippen LogP contribution in [0.15, 0.2) is 24.3 Å². The van der Waals surface area contributed by atoms with Crippen molar-refractivity contribution in [2.45, 2.75) is 128 Å². The Labute approximate surface area is 244 Å². The van der Waals surface area contributed by atoms with Gasteiger partial charge in [0.05, 0.1) is 0 Å². The van der Waals surface area contributed by atoms with Gasteiger partial charge in [0, 0.05) is 5.56 Å². The van der Waals surface area contributed by atoms with E-state index in [1.54, 1.807) is 0 Å². The zero-order chi connectivity index (χ0) is 28.5. The van der Waals surface area contributed by atoms with E-state index in [4.69, 9.17) is 11.6 Å². The van der Waals surface area contributed by atoms with E-state index in [-0.39, 0.29) is 24.3 Å². The van der Waals surface area contributed by atoms with Crippen molar-refractivity contribution in [2.75, 3.05) is 0 Å². The molecule has 2 aromatic carbocycles. The van der Waals surface area contributed by atoms with Crippen molar-refractivity contribution in [1.29, 1.82) is 0 Å². The van der Waals surface area contributed by atoms with Gasteiger partial charge < -0.3 is 0 Å². The van der Waals surface area contributed by atoms with Crippen molar-refractivity contribution in [3.05, 3.63) is 69.2 Å². The Kier molecular flexibility index (Phi) is 12.3. The van der Waals surface area contributed by atoms with Gasteiger partial charge in [-0.1, -0.05) is 95.6 Å². The number of aryl methyl sites for hydroxylation is 1. The van der Waals surface area contributed by atoms with Crippen molar-refractivity contribution in [3.63, 3.8) is 0 Å². The lowest BCUT2D eigenvalue weighted by molar-refractivity contribution is 0.222. The van der Waals surface area contributed by atoms with Gasteiger partial charge in [-0.05, 0) is 97.6 Å². The molecule has 0 aliphatic heterocycles. The second kappa shape index (κ2) is 15.6. The minimum Gasteiger partial charge on any atom is -0.207 e. The number of halogens is 5. The van der Waals surface area contributed by atoms with E-state index >= 15 is 0 Å². The van der Waals surface area contributed by atoms with E-state index in [1.807, 2.05) is 0 Å². The fourth-order valence-corrected chi connectivity index (χ4v) is 7.33. The Bertz CT molecular complexity index is 1020. The van der Waals surface area contributed by atoms with Gasteiger partial charge in [0.1, 0.15) is 28.3 Å². The highest BCUT2D eigenvalue weighted by Crippen LogP contribution is 2.41. The molecular weight excluding hydrogens is 532 g/mol. The van der Waals surface area contributed by atoms with Crippen LogP contribution in [0.2, 0.25) is 5.02 Å².